The van der Waals surface area contributed by atoms with Gasteiger partial charge in [-0.15, -0.1) is 12.4 Å². The molecule has 2 aromatic rings. The van der Waals surface area contributed by atoms with Crippen LogP contribution < -0.4 is 10.6 Å². The average Bonchev–Trinajstić information content (AvgIpc) is 2.67. The van der Waals surface area contributed by atoms with Crippen LogP contribution >= 0.6 is 12.4 Å². The summed E-state index contributed by atoms with van der Waals surface area (Å²) in [6, 6.07) is 20.5. The normalized spacial score (nSPS) is 13.7. The van der Waals surface area contributed by atoms with Gasteiger partial charge in [0.2, 0.25) is 5.91 Å². The van der Waals surface area contributed by atoms with Gasteiger partial charge in [0.25, 0.3) is 0 Å². The second kappa shape index (κ2) is 10.0. The van der Waals surface area contributed by atoms with Gasteiger partial charge in [0, 0.05) is 25.4 Å². The summed E-state index contributed by atoms with van der Waals surface area (Å²) in [6.07, 6.45) is 3.66. The molecule has 0 aromatic heterocycles. The third-order valence-electron chi connectivity index (χ3n) is 4.46. The molecule has 0 saturated heterocycles. The minimum atomic E-state index is 0. The molecule has 2 aromatic carbocycles. The monoisotopic (exact) mass is 356 g/mol. The molecule has 4 heteroatoms. The molecule has 0 radical (unpaired) electrons. The Morgan fingerprint density at radius 2 is 1.60 bits per heavy atom. The predicted molar refractivity (Wildman–Crippen MR) is 105 cm³/mol. The Hall–Kier alpha value is -2.10. The number of rotatable bonds is 6. The molecule has 3 nitrogen and oxygen atoms in total. The maximum atomic E-state index is 12.5. The van der Waals surface area contributed by atoms with E-state index in [1.54, 1.807) is 0 Å². The zero-order valence-corrected chi connectivity index (χ0v) is 15.1. The van der Waals surface area contributed by atoms with Crippen LogP contribution in [0.15, 0.2) is 72.3 Å². The number of nitrogens with one attached hydrogen (secondary N) is 2. The van der Waals surface area contributed by atoms with Gasteiger partial charge in [-0.3, -0.25) is 4.79 Å². The molecule has 1 aliphatic rings. The van der Waals surface area contributed by atoms with E-state index >= 15 is 0 Å². The minimum absolute atomic E-state index is 0. The second-order valence-electron chi connectivity index (χ2n) is 6.17. The fraction of sp³-hybridized carbons (Fsp3) is 0.286. The minimum Gasteiger partial charge on any atom is -0.352 e. The quantitative estimate of drug-likeness (QED) is 0.775. The lowest BCUT2D eigenvalue weighted by atomic mass is 9.88. The highest BCUT2D eigenvalue weighted by molar-refractivity contribution is 5.85. The molecular formula is C21H25ClN2O. The number of benzene rings is 2. The lowest BCUT2D eigenvalue weighted by molar-refractivity contribution is -0.121. The van der Waals surface area contributed by atoms with Crippen molar-refractivity contribution in [3.8, 4) is 0 Å². The van der Waals surface area contributed by atoms with Gasteiger partial charge < -0.3 is 10.6 Å². The van der Waals surface area contributed by atoms with Crippen LogP contribution in [-0.2, 0) is 4.79 Å². The van der Waals surface area contributed by atoms with Crippen molar-refractivity contribution in [2.75, 3.05) is 19.6 Å². The topological polar surface area (TPSA) is 41.1 Å². The highest BCUT2D eigenvalue weighted by Gasteiger charge is 2.18. The van der Waals surface area contributed by atoms with Crippen molar-refractivity contribution in [1.29, 1.82) is 0 Å². The molecule has 1 heterocycles. The van der Waals surface area contributed by atoms with Gasteiger partial charge in [-0.2, -0.15) is 0 Å². The van der Waals surface area contributed by atoms with Crippen LogP contribution in [0, 0.1) is 0 Å². The predicted octanol–water partition coefficient (Wildman–Crippen LogP) is 3.67. The van der Waals surface area contributed by atoms with Crippen LogP contribution in [0.3, 0.4) is 0 Å². The largest absolute Gasteiger partial charge is 0.352 e. The molecule has 0 fully saturated rings. The number of halogens is 1. The number of amides is 1. The summed E-state index contributed by atoms with van der Waals surface area (Å²) in [5.74, 6) is 0.196. The standard InChI is InChI=1S/C21H24N2O.ClH/c24-21(23-16-17-11-13-22-14-12-17)15-20(18-7-3-1-4-8-18)19-9-5-2-6-10-19;/h1-11,20,22H,12-16H2,(H,23,24);1H. The first-order chi connectivity index (χ1) is 11.8. The van der Waals surface area contributed by atoms with Crippen molar-refractivity contribution in [2.24, 2.45) is 0 Å². The van der Waals surface area contributed by atoms with Crippen molar-refractivity contribution in [3.63, 3.8) is 0 Å². The van der Waals surface area contributed by atoms with E-state index in [0.717, 1.165) is 19.5 Å². The molecular weight excluding hydrogens is 332 g/mol. The Kier molecular flexibility index (Phi) is 7.71. The molecule has 1 amide bonds. The number of hydrogen-bond acceptors (Lipinski definition) is 2. The summed E-state index contributed by atoms with van der Waals surface area (Å²) in [4.78, 5) is 12.5. The van der Waals surface area contributed by atoms with Gasteiger partial charge in [0.1, 0.15) is 0 Å². The van der Waals surface area contributed by atoms with Crippen molar-refractivity contribution >= 4 is 18.3 Å². The Balaban J connectivity index is 0.00000225. The second-order valence-corrected chi connectivity index (χ2v) is 6.17. The highest BCUT2D eigenvalue weighted by Crippen LogP contribution is 2.27. The van der Waals surface area contributed by atoms with Gasteiger partial charge >= 0.3 is 0 Å². The maximum absolute atomic E-state index is 12.5. The van der Waals surface area contributed by atoms with Crippen LogP contribution in [0.5, 0.6) is 0 Å². The number of carbonyl (C=O) groups is 1. The van der Waals surface area contributed by atoms with Crippen molar-refractivity contribution < 1.29 is 4.79 Å². The molecule has 132 valence electrons. The van der Waals surface area contributed by atoms with Crippen LogP contribution in [0.25, 0.3) is 0 Å². The summed E-state index contributed by atoms with van der Waals surface area (Å²) < 4.78 is 0. The summed E-state index contributed by atoms with van der Waals surface area (Å²) in [7, 11) is 0. The Labute approximate surface area is 155 Å². The number of hydrogen-bond donors (Lipinski definition) is 2. The zero-order valence-electron chi connectivity index (χ0n) is 14.3. The molecule has 2 N–H and O–H groups in total. The lowest BCUT2D eigenvalue weighted by Gasteiger charge is -2.19. The molecule has 0 atom stereocenters. The SMILES string of the molecule is Cl.O=C(CC(c1ccccc1)c1ccccc1)NCC1=CCNCC1. The molecule has 1 aliphatic heterocycles. The summed E-state index contributed by atoms with van der Waals surface area (Å²) in [5.41, 5.74) is 3.68. The van der Waals surface area contributed by atoms with Crippen molar-refractivity contribution in [2.45, 2.75) is 18.8 Å². The first kappa shape index (κ1) is 19.2. The fourth-order valence-corrected chi connectivity index (χ4v) is 3.10. The first-order valence-electron chi connectivity index (χ1n) is 8.58. The lowest BCUT2D eigenvalue weighted by Crippen LogP contribution is -2.30. The Morgan fingerprint density at radius 1 is 1.00 bits per heavy atom. The van der Waals surface area contributed by atoms with E-state index in [9.17, 15) is 4.79 Å². The third-order valence-corrected chi connectivity index (χ3v) is 4.46. The smallest absolute Gasteiger partial charge is 0.221 e. The van der Waals surface area contributed by atoms with Crippen molar-refractivity contribution in [3.05, 3.63) is 83.4 Å². The fourth-order valence-electron chi connectivity index (χ4n) is 3.10. The summed E-state index contributed by atoms with van der Waals surface area (Å²) >= 11 is 0. The summed E-state index contributed by atoms with van der Waals surface area (Å²) in [5, 5.41) is 6.38. The van der Waals surface area contributed by atoms with E-state index in [4.69, 9.17) is 0 Å². The van der Waals surface area contributed by atoms with Crippen LogP contribution in [0.1, 0.15) is 29.9 Å². The van der Waals surface area contributed by atoms with E-state index in [1.165, 1.54) is 16.7 Å². The van der Waals surface area contributed by atoms with Gasteiger partial charge in [-0.1, -0.05) is 72.3 Å². The van der Waals surface area contributed by atoms with Gasteiger partial charge in [0.15, 0.2) is 0 Å². The van der Waals surface area contributed by atoms with Gasteiger partial charge in [-0.25, -0.2) is 0 Å². The van der Waals surface area contributed by atoms with Gasteiger partial charge in [-0.05, 0) is 24.1 Å². The maximum Gasteiger partial charge on any atom is 0.221 e. The van der Waals surface area contributed by atoms with E-state index in [-0.39, 0.29) is 24.2 Å². The van der Waals surface area contributed by atoms with E-state index in [0.29, 0.717) is 13.0 Å². The molecule has 0 saturated carbocycles. The molecule has 0 bridgehead atoms. The van der Waals surface area contributed by atoms with E-state index in [2.05, 4.69) is 41.0 Å². The average molecular weight is 357 g/mol. The van der Waals surface area contributed by atoms with Crippen LogP contribution in [0.4, 0.5) is 0 Å². The Morgan fingerprint density at radius 3 is 2.12 bits per heavy atom. The molecule has 0 spiro atoms. The van der Waals surface area contributed by atoms with Gasteiger partial charge in [0.05, 0.1) is 0 Å². The van der Waals surface area contributed by atoms with Crippen LogP contribution in [0.2, 0.25) is 0 Å². The Bertz CT molecular complexity index is 646. The zero-order chi connectivity index (χ0) is 16.6. The highest BCUT2D eigenvalue weighted by atomic mass is 35.5. The first-order valence-corrected chi connectivity index (χ1v) is 8.58. The van der Waals surface area contributed by atoms with E-state index < -0.39 is 0 Å². The molecule has 25 heavy (non-hydrogen) atoms. The van der Waals surface area contributed by atoms with E-state index in [1.807, 2.05) is 36.4 Å². The third kappa shape index (κ3) is 5.73. The summed E-state index contributed by atoms with van der Waals surface area (Å²) in [6.45, 7) is 2.57. The van der Waals surface area contributed by atoms with Crippen LogP contribution in [-0.4, -0.2) is 25.5 Å². The number of carbonyl (C=O) groups excluding carboxylic acids is 1. The van der Waals surface area contributed by atoms with Crippen molar-refractivity contribution in [1.82, 2.24) is 10.6 Å². The molecule has 3 rings (SSSR count). The molecule has 0 unspecified atom stereocenters. The molecule has 0 aliphatic carbocycles.